The Morgan fingerprint density at radius 3 is 2.83 bits per heavy atom. The normalized spacial score (nSPS) is 28.4. The molecular weight excluding hydrogens is 617 g/mol. The number of hydrogen-bond donors (Lipinski definition) is 3. The van der Waals surface area contributed by atoms with Crippen LogP contribution in [0.25, 0.3) is 32.9 Å². The van der Waals surface area contributed by atoms with Gasteiger partial charge in [-0.25, -0.2) is 18.2 Å². The smallest absolute Gasteiger partial charge is 0.319 e. The Morgan fingerprint density at radius 2 is 2.02 bits per heavy atom. The number of pyridine rings is 1. The van der Waals surface area contributed by atoms with Gasteiger partial charge >= 0.3 is 6.01 Å². The molecule has 5 heterocycles. The zero-order valence-electron chi connectivity index (χ0n) is 27.1. The van der Waals surface area contributed by atoms with Crippen LogP contribution in [0.1, 0.15) is 69.5 Å². The minimum atomic E-state index is -0.923. The topological polar surface area (TPSA) is 95.4 Å². The molecule has 0 bridgehead atoms. The van der Waals surface area contributed by atoms with Crippen LogP contribution in [-0.2, 0) is 0 Å². The second-order valence-electron chi connectivity index (χ2n) is 14.2. The van der Waals surface area contributed by atoms with Gasteiger partial charge in [0.25, 0.3) is 0 Å². The summed E-state index contributed by atoms with van der Waals surface area (Å²) in [7, 11) is 0. The number of aromatic nitrogens is 3. The van der Waals surface area contributed by atoms with E-state index in [1.54, 1.807) is 0 Å². The third-order valence-electron chi connectivity index (χ3n) is 11.0. The monoisotopic (exact) mass is 656 g/mol. The number of rotatable bonds is 5. The van der Waals surface area contributed by atoms with Crippen molar-refractivity contribution < 1.29 is 23.0 Å². The molecule has 0 amide bonds. The van der Waals surface area contributed by atoms with Crippen LogP contribution in [0.5, 0.6) is 11.8 Å². The van der Waals surface area contributed by atoms with Gasteiger partial charge in [0, 0.05) is 42.5 Å². The van der Waals surface area contributed by atoms with E-state index in [2.05, 4.69) is 40.3 Å². The van der Waals surface area contributed by atoms with Crippen LogP contribution in [0.3, 0.4) is 0 Å². The molecule has 8 rings (SSSR count). The molecule has 1 aliphatic carbocycles. The molecule has 3 aliphatic heterocycles. The molecule has 48 heavy (non-hydrogen) atoms. The maximum atomic E-state index is 17.2. The van der Waals surface area contributed by atoms with Gasteiger partial charge in [-0.3, -0.25) is 4.90 Å². The number of alkyl halides is 1. The van der Waals surface area contributed by atoms with E-state index in [-0.39, 0.29) is 58.1 Å². The van der Waals surface area contributed by atoms with Gasteiger partial charge in [0.05, 0.1) is 22.2 Å². The number of aromatic hydroxyl groups is 1. The Labute approximate surface area is 277 Å². The van der Waals surface area contributed by atoms with E-state index < -0.39 is 23.3 Å². The van der Waals surface area contributed by atoms with Crippen molar-refractivity contribution >= 4 is 27.5 Å². The van der Waals surface area contributed by atoms with Crippen molar-refractivity contribution in [3.05, 3.63) is 47.2 Å². The third kappa shape index (κ3) is 5.21. The molecule has 8 nitrogen and oxygen atoms in total. The number of fused-ring (bicyclic) bond motifs is 3. The number of phenols is 1. The minimum absolute atomic E-state index is 0.00710. The number of nitrogens with one attached hydrogen (secondary N) is 2. The number of benzene rings is 2. The molecular formula is C37H39F3N6O2. The van der Waals surface area contributed by atoms with Gasteiger partial charge in [-0.05, 0) is 74.1 Å². The highest BCUT2D eigenvalue weighted by atomic mass is 19.1. The van der Waals surface area contributed by atoms with Crippen molar-refractivity contribution in [1.29, 1.82) is 0 Å². The van der Waals surface area contributed by atoms with Crippen LogP contribution < -0.4 is 15.4 Å². The third-order valence-corrected chi connectivity index (χ3v) is 11.0. The summed E-state index contributed by atoms with van der Waals surface area (Å²) in [5.74, 6) is 1.63. The maximum Gasteiger partial charge on any atom is 0.319 e. The Balaban J connectivity index is 1.34. The lowest BCUT2D eigenvalue weighted by molar-refractivity contribution is 0.107. The molecule has 0 radical (unpaired) electrons. The number of halogens is 3. The molecule has 0 unspecified atom stereocenters. The summed E-state index contributed by atoms with van der Waals surface area (Å²) in [4.78, 5) is 16.6. The first-order valence-electron chi connectivity index (χ1n) is 17.0. The molecule has 3 fully saturated rings. The van der Waals surface area contributed by atoms with Gasteiger partial charge in [0.2, 0.25) is 0 Å². The summed E-state index contributed by atoms with van der Waals surface area (Å²) >= 11 is 0. The average Bonchev–Trinajstić information content (AvgIpc) is 3.55. The predicted molar refractivity (Wildman–Crippen MR) is 179 cm³/mol. The molecule has 0 spiro atoms. The number of phenolic OH excluding ortho intramolecular Hbond substituents is 1. The molecule has 2 aromatic carbocycles. The Hall–Kier alpha value is -4.14. The summed E-state index contributed by atoms with van der Waals surface area (Å²) in [6, 6.07) is 6.12. The van der Waals surface area contributed by atoms with E-state index in [4.69, 9.17) is 21.1 Å². The predicted octanol–water partition coefficient (Wildman–Crippen LogP) is 6.44. The fourth-order valence-corrected chi connectivity index (χ4v) is 8.43. The summed E-state index contributed by atoms with van der Waals surface area (Å²) in [5, 5.41) is 19.2. The van der Waals surface area contributed by atoms with Gasteiger partial charge < -0.3 is 20.5 Å². The fourth-order valence-electron chi connectivity index (χ4n) is 8.43. The quantitative estimate of drug-likeness (QED) is 0.211. The largest absolute Gasteiger partial charge is 0.508 e. The Morgan fingerprint density at radius 1 is 1.17 bits per heavy atom. The van der Waals surface area contributed by atoms with E-state index in [0.717, 1.165) is 38.6 Å². The number of anilines is 1. The maximum absolute atomic E-state index is 17.2. The van der Waals surface area contributed by atoms with E-state index in [9.17, 15) is 9.50 Å². The lowest BCUT2D eigenvalue weighted by Gasteiger charge is -2.31. The second-order valence-corrected chi connectivity index (χ2v) is 14.2. The van der Waals surface area contributed by atoms with Crippen molar-refractivity contribution in [1.82, 2.24) is 25.2 Å². The van der Waals surface area contributed by atoms with Crippen LogP contribution in [-0.4, -0.2) is 75.0 Å². The van der Waals surface area contributed by atoms with E-state index >= 15 is 8.78 Å². The SMILES string of the molecule is C#Cc1c(F)ccc2cc(O)cc(-c3nc4c5c(nc(OC[C@@]67CCCN6C[C@H](F)C7)nc5c3F)NC[C@@H](CC)N[C@H]3C[C@@H]3C[C@H]4C)c12. The molecule has 1 saturated carbocycles. The molecule has 6 atom stereocenters. The van der Waals surface area contributed by atoms with Crippen molar-refractivity contribution in [2.24, 2.45) is 5.92 Å². The Kier molecular flexibility index (Phi) is 7.64. The molecule has 3 N–H and O–H groups in total. The highest BCUT2D eigenvalue weighted by molar-refractivity contribution is 6.03. The van der Waals surface area contributed by atoms with Gasteiger partial charge in [-0.1, -0.05) is 25.8 Å². The zero-order chi connectivity index (χ0) is 33.3. The molecule has 2 saturated heterocycles. The number of terminal acetylenes is 1. The molecule has 250 valence electrons. The second kappa shape index (κ2) is 11.8. The van der Waals surface area contributed by atoms with E-state index in [0.29, 0.717) is 53.8 Å². The minimum Gasteiger partial charge on any atom is -0.508 e. The summed E-state index contributed by atoms with van der Waals surface area (Å²) in [6.07, 6.45) is 9.74. The Bertz CT molecular complexity index is 1980. The van der Waals surface area contributed by atoms with Crippen LogP contribution in [0.4, 0.5) is 19.0 Å². The fraction of sp³-hybridized carbons (Fsp3) is 0.486. The van der Waals surface area contributed by atoms with E-state index in [1.165, 1.54) is 24.3 Å². The summed E-state index contributed by atoms with van der Waals surface area (Å²) in [6.45, 7) is 6.12. The summed E-state index contributed by atoms with van der Waals surface area (Å²) < 4.78 is 53.0. The van der Waals surface area contributed by atoms with Gasteiger partial charge in [-0.15, -0.1) is 6.42 Å². The average molecular weight is 657 g/mol. The molecule has 11 heteroatoms. The number of hydrogen-bond acceptors (Lipinski definition) is 8. The first-order chi connectivity index (χ1) is 23.2. The highest BCUT2D eigenvalue weighted by Gasteiger charge is 2.49. The first-order valence-corrected chi connectivity index (χ1v) is 17.0. The summed E-state index contributed by atoms with van der Waals surface area (Å²) in [5.41, 5.74) is 0.198. The van der Waals surface area contributed by atoms with Gasteiger partial charge in [0.15, 0.2) is 5.82 Å². The van der Waals surface area contributed by atoms with Crippen LogP contribution in [0, 0.1) is 29.9 Å². The van der Waals surface area contributed by atoms with Crippen molar-refractivity contribution in [3.63, 3.8) is 0 Å². The number of ether oxygens (including phenoxy) is 1. The standard InChI is InChI=1S/C37H39F3N6O2/c1-4-23-16-41-35-30-32(19(3)11-21-13-28(21)42-23)43-33(26-14-24(47)12-20-7-8-27(39)25(5-2)29(20)26)31(40)34(30)44-36(45-35)48-18-37-9-6-10-46(37)17-22(38)15-37/h2,7-8,12,14,19,21-23,28,42,47H,4,6,9-11,13,15-18H2,1,3H3,(H,41,44,45)/t19-,21+,22-,23-,28+,37+/m1/s1. The van der Waals surface area contributed by atoms with Crippen molar-refractivity contribution in [2.75, 3.05) is 31.6 Å². The van der Waals surface area contributed by atoms with Crippen molar-refractivity contribution in [2.45, 2.75) is 82.1 Å². The number of nitrogens with zero attached hydrogens (tertiary/aromatic N) is 4. The lowest BCUT2D eigenvalue weighted by atomic mass is 9.93. The highest BCUT2D eigenvalue weighted by Crippen LogP contribution is 2.45. The van der Waals surface area contributed by atoms with Crippen molar-refractivity contribution in [3.8, 4) is 35.4 Å². The van der Waals surface area contributed by atoms with Crippen LogP contribution >= 0.6 is 0 Å². The van der Waals surface area contributed by atoms with E-state index in [1.807, 2.05) is 0 Å². The first kappa shape index (κ1) is 31.1. The zero-order valence-corrected chi connectivity index (χ0v) is 27.1. The van der Waals surface area contributed by atoms with Gasteiger partial charge in [0.1, 0.15) is 41.4 Å². The lowest BCUT2D eigenvalue weighted by Crippen LogP contribution is -2.43. The van der Waals surface area contributed by atoms with Crippen LogP contribution in [0.2, 0.25) is 0 Å². The molecule has 4 aliphatic rings. The van der Waals surface area contributed by atoms with Gasteiger partial charge in [-0.2, -0.15) is 9.97 Å². The molecule has 4 aromatic rings. The molecule has 2 aromatic heterocycles. The van der Waals surface area contributed by atoms with Crippen LogP contribution in [0.15, 0.2) is 24.3 Å².